The van der Waals surface area contributed by atoms with E-state index in [1.54, 1.807) is 25.1 Å². The van der Waals surface area contributed by atoms with Gasteiger partial charge in [-0.2, -0.15) is 4.98 Å². The zero-order chi connectivity index (χ0) is 9.42. The van der Waals surface area contributed by atoms with Crippen molar-refractivity contribution in [3.63, 3.8) is 0 Å². The zero-order valence-electron chi connectivity index (χ0n) is 7.57. The second kappa shape index (κ2) is 2.73. The van der Waals surface area contributed by atoms with Gasteiger partial charge >= 0.3 is 0 Å². The second-order valence-corrected chi connectivity index (χ2v) is 2.97. The highest BCUT2D eigenvalue weighted by Gasteiger charge is 2.25. The van der Waals surface area contributed by atoms with Crippen molar-refractivity contribution in [2.45, 2.75) is 6.42 Å². The van der Waals surface area contributed by atoms with Crippen LogP contribution in [0.2, 0.25) is 0 Å². The second-order valence-electron chi connectivity index (χ2n) is 2.97. The molecule has 13 heavy (non-hydrogen) atoms. The van der Waals surface area contributed by atoms with Crippen molar-refractivity contribution < 1.29 is 9.53 Å². The highest BCUT2D eigenvalue weighted by molar-refractivity contribution is 5.99. The maximum Gasteiger partial charge on any atom is 0.232 e. The Balaban J connectivity index is 2.47. The number of anilines is 1. The number of likely N-dealkylation sites (N-methyl/N-ethyl adjacent to an activating group) is 1. The molecule has 0 radical (unpaired) electrons. The van der Waals surface area contributed by atoms with Gasteiger partial charge in [0.1, 0.15) is 5.82 Å². The fraction of sp³-hybridized carbons (Fsp3) is 0.333. The van der Waals surface area contributed by atoms with E-state index in [0.717, 1.165) is 5.56 Å². The molecule has 0 aromatic carbocycles. The number of pyridine rings is 1. The quantitative estimate of drug-likeness (QED) is 0.632. The summed E-state index contributed by atoms with van der Waals surface area (Å²) < 4.78 is 4.97. The molecule has 0 atom stereocenters. The van der Waals surface area contributed by atoms with Crippen LogP contribution in [0.15, 0.2) is 12.1 Å². The maximum absolute atomic E-state index is 11.3. The van der Waals surface area contributed by atoms with Crippen LogP contribution in [0.4, 0.5) is 5.82 Å². The van der Waals surface area contributed by atoms with Gasteiger partial charge in [0.2, 0.25) is 11.8 Å². The Kier molecular flexibility index (Phi) is 1.69. The topological polar surface area (TPSA) is 42.4 Å². The molecule has 0 bridgehead atoms. The molecule has 68 valence electrons. The summed E-state index contributed by atoms with van der Waals surface area (Å²) in [6, 6.07) is 3.65. The number of carbonyl (C=O) groups excluding carboxylic acids is 1. The lowest BCUT2D eigenvalue weighted by Gasteiger charge is -2.09. The Labute approximate surface area is 76.1 Å². The summed E-state index contributed by atoms with van der Waals surface area (Å²) in [4.78, 5) is 17.0. The summed E-state index contributed by atoms with van der Waals surface area (Å²) in [6.07, 6.45) is 0.447. The first-order chi connectivity index (χ1) is 6.22. The Morgan fingerprint density at radius 2 is 2.31 bits per heavy atom. The fourth-order valence-electron chi connectivity index (χ4n) is 1.40. The fourth-order valence-corrected chi connectivity index (χ4v) is 1.40. The summed E-state index contributed by atoms with van der Waals surface area (Å²) in [5.74, 6) is 1.33. The standard InChI is InChI=1S/C9H10N2O2/c1-11-8(12)5-6-3-4-7(13-2)10-9(6)11/h3-4H,5H2,1-2H3. The van der Waals surface area contributed by atoms with Crippen LogP contribution in [0.1, 0.15) is 5.56 Å². The van der Waals surface area contributed by atoms with Crippen molar-refractivity contribution in [2.24, 2.45) is 0 Å². The SMILES string of the molecule is COc1ccc2c(n1)N(C)C(=O)C2. The van der Waals surface area contributed by atoms with Gasteiger partial charge in [0.15, 0.2) is 0 Å². The van der Waals surface area contributed by atoms with E-state index < -0.39 is 0 Å². The number of hydrogen-bond donors (Lipinski definition) is 0. The molecule has 0 spiro atoms. The van der Waals surface area contributed by atoms with Crippen LogP contribution in [0.3, 0.4) is 0 Å². The van der Waals surface area contributed by atoms with Crippen LogP contribution in [0.25, 0.3) is 0 Å². The third-order valence-electron chi connectivity index (χ3n) is 2.17. The number of hydrogen-bond acceptors (Lipinski definition) is 3. The maximum atomic E-state index is 11.3. The van der Waals surface area contributed by atoms with E-state index in [2.05, 4.69) is 4.98 Å². The minimum Gasteiger partial charge on any atom is -0.481 e. The van der Waals surface area contributed by atoms with Crippen LogP contribution in [-0.2, 0) is 11.2 Å². The van der Waals surface area contributed by atoms with Crippen LogP contribution in [-0.4, -0.2) is 25.0 Å². The Morgan fingerprint density at radius 1 is 1.54 bits per heavy atom. The predicted molar refractivity (Wildman–Crippen MR) is 47.9 cm³/mol. The van der Waals surface area contributed by atoms with E-state index in [1.165, 1.54) is 0 Å². The molecule has 0 N–H and O–H groups in total. The van der Waals surface area contributed by atoms with E-state index in [9.17, 15) is 4.79 Å². The lowest BCUT2D eigenvalue weighted by molar-refractivity contribution is -0.117. The first kappa shape index (κ1) is 8.04. The molecule has 1 aromatic heterocycles. The average molecular weight is 178 g/mol. The molecule has 4 heteroatoms. The van der Waals surface area contributed by atoms with E-state index >= 15 is 0 Å². The number of ether oxygens (including phenoxy) is 1. The molecule has 0 fully saturated rings. The Hall–Kier alpha value is -1.58. The van der Waals surface area contributed by atoms with E-state index in [1.807, 2.05) is 6.07 Å². The van der Waals surface area contributed by atoms with Crippen LogP contribution < -0.4 is 9.64 Å². The van der Waals surface area contributed by atoms with E-state index in [-0.39, 0.29) is 5.91 Å². The number of nitrogens with zero attached hydrogens (tertiary/aromatic N) is 2. The van der Waals surface area contributed by atoms with E-state index in [0.29, 0.717) is 18.1 Å². The number of rotatable bonds is 1. The zero-order valence-corrected chi connectivity index (χ0v) is 7.57. The summed E-state index contributed by atoms with van der Waals surface area (Å²) >= 11 is 0. The average Bonchev–Trinajstić information content (AvgIpc) is 2.43. The molecule has 0 aliphatic carbocycles. The van der Waals surface area contributed by atoms with Crippen molar-refractivity contribution in [3.05, 3.63) is 17.7 Å². The van der Waals surface area contributed by atoms with Crippen LogP contribution in [0.5, 0.6) is 5.88 Å². The van der Waals surface area contributed by atoms with Crippen molar-refractivity contribution in [1.82, 2.24) is 4.98 Å². The highest BCUT2D eigenvalue weighted by atomic mass is 16.5. The molecule has 2 heterocycles. The Morgan fingerprint density at radius 3 is 3.00 bits per heavy atom. The largest absolute Gasteiger partial charge is 0.481 e. The molecule has 2 rings (SSSR count). The van der Waals surface area contributed by atoms with Gasteiger partial charge in [-0.05, 0) is 6.07 Å². The van der Waals surface area contributed by atoms with Crippen molar-refractivity contribution in [3.8, 4) is 5.88 Å². The summed E-state index contributed by atoms with van der Waals surface area (Å²) in [6.45, 7) is 0. The van der Waals surface area contributed by atoms with E-state index in [4.69, 9.17) is 4.74 Å². The highest BCUT2D eigenvalue weighted by Crippen LogP contribution is 2.27. The van der Waals surface area contributed by atoms with Crippen molar-refractivity contribution in [1.29, 1.82) is 0 Å². The summed E-state index contributed by atoms with van der Waals surface area (Å²) in [7, 11) is 3.28. The van der Waals surface area contributed by atoms with Gasteiger partial charge in [0, 0.05) is 18.7 Å². The van der Waals surface area contributed by atoms with Crippen molar-refractivity contribution >= 4 is 11.7 Å². The molecule has 0 saturated heterocycles. The number of carbonyl (C=O) groups is 1. The molecule has 0 unspecified atom stereocenters. The molecule has 1 aromatic rings. The van der Waals surface area contributed by atoms with Gasteiger partial charge in [0.05, 0.1) is 13.5 Å². The minimum atomic E-state index is 0.0794. The van der Waals surface area contributed by atoms with Gasteiger partial charge < -0.3 is 4.74 Å². The predicted octanol–water partition coefficient (Wildman–Crippen LogP) is 0.609. The first-order valence-corrected chi connectivity index (χ1v) is 4.03. The minimum absolute atomic E-state index is 0.0794. The van der Waals surface area contributed by atoms with Gasteiger partial charge in [-0.3, -0.25) is 9.69 Å². The van der Waals surface area contributed by atoms with Gasteiger partial charge in [-0.1, -0.05) is 0 Å². The van der Waals surface area contributed by atoms with Crippen LogP contribution in [0, 0.1) is 0 Å². The molecule has 1 aliphatic rings. The molecular weight excluding hydrogens is 168 g/mol. The monoisotopic (exact) mass is 178 g/mol. The number of fused-ring (bicyclic) bond motifs is 1. The van der Waals surface area contributed by atoms with Crippen LogP contribution >= 0.6 is 0 Å². The number of aromatic nitrogens is 1. The molecule has 1 amide bonds. The molecular formula is C9H10N2O2. The van der Waals surface area contributed by atoms with Gasteiger partial charge in [-0.25, -0.2) is 0 Å². The third kappa shape index (κ3) is 1.14. The lowest BCUT2D eigenvalue weighted by atomic mass is 10.2. The van der Waals surface area contributed by atoms with Gasteiger partial charge in [-0.15, -0.1) is 0 Å². The molecule has 0 saturated carbocycles. The normalized spacial score (nSPS) is 14.6. The first-order valence-electron chi connectivity index (χ1n) is 4.03. The van der Waals surface area contributed by atoms with Gasteiger partial charge in [0.25, 0.3) is 0 Å². The molecule has 4 nitrogen and oxygen atoms in total. The van der Waals surface area contributed by atoms with Crippen molar-refractivity contribution in [2.75, 3.05) is 19.1 Å². The summed E-state index contributed by atoms with van der Waals surface area (Å²) in [5, 5.41) is 0. The molecule has 1 aliphatic heterocycles. The number of methoxy groups -OCH3 is 1. The lowest BCUT2D eigenvalue weighted by Crippen LogP contribution is -2.21. The third-order valence-corrected chi connectivity index (χ3v) is 2.17. The smallest absolute Gasteiger partial charge is 0.232 e. The number of amides is 1. The summed E-state index contributed by atoms with van der Waals surface area (Å²) in [5.41, 5.74) is 0.966. The Bertz CT molecular complexity index is 363.